The molecule has 0 spiro atoms. The second kappa shape index (κ2) is 5.33. The van der Waals surface area contributed by atoms with Crippen molar-refractivity contribution in [3.63, 3.8) is 0 Å². The summed E-state index contributed by atoms with van der Waals surface area (Å²) in [7, 11) is 0. The van der Waals surface area contributed by atoms with Crippen LogP contribution >= 0.6 is 23.5 Å². The molecule has 1 fully saturated rings. The predicted molar refractivity (Wildman–Crippen MR) is 56.5 cm³/mol. The van der Waals surface area contributed by atoms with Crippen molar-refractivity contribution in [2.45, 2.75) is 30.4 Å². The Bertz CT molecular complexity index is 108. The minimum absolute atomic E-state index is 0.728. The van der Waals surface area contributed by atoms with Crippen LogP contribution in [-0.4, -0.2) is 29.2 Å². The van der Waals surface area contributed by atoms with Crippen molar-refractivity contribution < 1.29 is 0 Å². The van der Waals surface area contributed by atoms with E-state index in [0.717, 1.165) is 10.6 Å². The lowest BCUT2D eigenvalue weighted by Gasteiger charge is -2.27. The lowest BCUT2D eigenvalue weighted by molar-refractivity contribution is 0.580. The molecule has 2 atom stereocenters. The van der Waals surface area contributed by atoms with Gasteiger partial charge in [-0.3, -0.25) is 0 Å². The van der Waals surface area contributed by atoms with Crippen molar-refractivity contribution in [1.29, 1.82) is 0 Å². The van der Waals surface area contributed by atoms with Crippen molar-refractivity contribution in [2.75, 3.05) is 18.6 Å². The minimum Gasteiger partial charge on any atom is -0.305 e. The summed E-state index contributed by atoms with van der Waals surface area (Å²) < 4.78 is 0. The zero-order valence-corrected chi connectivity index (χ0v) is 8.93. The first-order chi connectivity index (χ1) is 5.33. The van der Waals surface area contributed by atoms with E-state index in [9.17, 15) is 0 Å². The molecule has 1 rings (SSSR count). The Morgan fingerprint density at radius 3 is 3.09 bits per heavy atom. The summed E-state index contributed by atoms with van der Waals surface area (Å²) in [5.41, 5.74) is 0. The maximum atomic E-state index is 3.53. The van der Waals surface area contributed by atoms with Gasteiger partial charge in [0, 0.05) is 5.25 Å². The molecule has 0 saturated carbocycles. The summed E-state index contributed by atoms with van der Waals surface area (Å²) in [6, 6.07) is 0. The average molecular weight is 191 g/mol. The van der Waals surface area contributed by atoms with Gasteiger partial charge in [0.05, 0.1) is 5.37 Å². The van der Waals surface area contributed by atoms with E-state index >= 15 is 0 Å². The van der Waals surface area contributed by atoms with E-state index < -0.39 is 0 Å². The van der Waals surface area contributed by atoms with Gasteiger partial charge < -0.3 is 5.32 Å². The lowest BCUT2D eigenvalue weighted by atomic mass is 10.3. The average Bonchev–Trinajstić information content (AvgIpc) is 2.01. The van der Waals surface area contributed by atoms with Gasteiger partial charge in [0.15, 0.2) is 0 Å². The van der Waals surface area contributed by atoms with Crippen LogP contribution in [0.1, 0.15) is 19.8 Å². The molecule has 1 N–H and O–H groups in total. The summed E-state index contributed by atoms with van der Waals surface area (Å²) in [4.78, 5) is 0. The van der Waals surface area contributed by atoms with E-state index in [4.69, 9.17) is 0 Å². The number of rotatable bonds is 3. The van der Waals surface area contributed by atoms with Crippen molar-refractivity contribution >= 4 is 23.5 Å². The summed E-state index contributed by atoms with van der Waals surface area (Å²) >= 11 is 4.05. The second-order valence-electron chi connectivity index (χ2n) is 2.96. The van der Waals surface area contributed by atoms with Crippen LogP contribution in [0.15, 0.2) is 0 Å². The molecule has 0 aromatic heterocycles. The Kier molecular flexibility index (Phi) is 4.72. The highest BCUT2D eigenvalue weighted by atomic mass is 32.2. The number of hydrogen-bond donors (Lipinski definition) is 1. The Morgan fingerprint density at radius 1 is 1.64 bits per heavy atom. The van der Waals surface area contributed by atoms with Gasteiger partial charge in [0.1, 0.15) is 0 Å². The van der Waals surface area contributed by atoms with E-state index in [1.54, 1.807) is 0 Å². The number of nitrogens with one attached hydrogen (secondary N) is 1. The highest BCUT2D eigenvalue weighted by Crippen LogP contribution is 2.25. The topological polar surface area (TPSA) is 12.0 Å². The normalized spacial score (nSPS) is 32.2. The third-order valence-electron chi connectivity index (χ3n) is 1.90. The van der Waals surface area contributed by atoms with Crippen molar-refractivity contribution in [1.82, 2.24) is 5.32 Å². The van der Waals surface area contributed by atoms with Crippen molar-refractivity contribution in [3.05, 3.63) is 0 Å². The predicted octanol–water partition coefficient (Wildman–Crippen LogP) is 2.18. The Labute approximate surface area is 78.1 Å². The maximum Gasteiger partial charge on any atom is 0.0542 e. The van der Waals surface area contributed by atoms with Crippen LogP contribution < -0.4 is 5.32 Å². The third kappa shape index (κ3) is 3.72. The van der Waals surface area contributed by atoms with Crippen LogP contribution in [0.4, 0.5) is 0 Å². The molecule has 11 heavy (non-hydrogen) atoms. The molecule has 0 aromatic rings. The molecule has 3 heteroatoms. The molecule has 1 aliphatic rings. The summed E-state index contributed by atoms with van der Waals surface area (Å²) in [6.07, 6.45) is 4.83. The molecule has 0 bridgehead atoms. The van der Waals surface area contributed by atoms with Gasteiger partial charge in [-0.1, -0.05) is 6.92 Å². The van der Waals surface area contributed by atoms with Gasteiger partial charge in [-0.05, 0) is 31.4 Å². The fourth-order valence-corrected chi connectivity index (χ4v) is 3.14. The monoisotopic (exact) mass is 191 g/mol. The highest BCUT2D eigenvalue weighted by Gasteiger charge is 2.17. The number of hydrogen-bond acceptors (Lipinski definition) is 3. The lowest BCUT2D eigenvalue weighted by Crippen LogP contribution is -2.35. The number of thioether (sulfide) groups is 2. The molecule has 66 valence electrons. The van der Waals surface area contributed by atoms with E-state index in [-0.39, 0.29) is 0 Å². The largest absolute Gasteiger partial charge is 0.305 e. The van der Waals surface area contributed by atoms with Crippen LogP contribution in [0.2, 0.25) is 0 Å². The standard InChI is InChI=1S/C8H17NS2/c1-7-3-5-9-8(11-7)4-6-10-2/h7-9H,3-6H2,1-2H3. The molecule has 0 radical (unpaired) electrons. The van der Waals surface area contributed by atoms with Crippen molar-refractivity contribution in [2.24, 2.45) is 0 Å². The highest BCUT2D eigenvalue weighted by molar-refractivity contribution is 8.00. The summed E-state index contributed by atoms with van der Waals surface area (Å²) in [6.45, 7) is 3.55. The molecular weight excluding hydrogens is 174 g/mol. The van der Waals surface area contributed by atoms with Gasteiger partial charge in [0.2, 0.25) is 0 Å². The SMILES string of the molecule is CSCCC1NCCC(C)S1. The third-order valence-corrected chi connectivity index (χ3v) is 3.98. The second-order valence-corrected chi connectivity index (χ2v) is 5.59. The smallest absolute Gasteiger partial charge is 0.0542 e. The summed E-state index contributed by atoms with van der Waals surface area (Å²) in [5, 5.41) is 5.13. The Balaban J connectivity index is 2.12. The van der Waals surface area contributed by atoms with Crippen LogP contribution in [0, 0.1) is 0 Å². The van der Waals surface area contributed by atoms with Gasteiger partial charge in [-0.25, -0.2) is 0 Å². The molecule has 1 nitrogen and oxygen atoms in total. The molecule has 1 saturated heterocycles. The van der Waals surface area contributed by atoms with Gasteiger partial charge in [-0.2, -0.15) is 11.8 Å². The van der Waals surface area contributed by atoms with Crippen LogP contribution in [0.5, 0.6) is 0 Å². The maximum absolute atomic E-state index is 3.53. The van der Waals surface area contributed by atoms with Crippen LogP contribution in [0.25, 0.3) is 0 Å². The molecule has 0 aromatic carbocycles. The quantitative estimate of drug-likeness (QED) is 0.734. The summed E-state index contributed by atoms with van der Waals surface area (Å²) in [5.74, 6) is 1.29. The Hall–Kier alpha value is 0.660. The van der Waals surface area contributed by atoms with Gasteiger partial charge >= 0.3 is 0 Å². The molecular formula is C8H17NS2. The fourth-order valence-electron chi connectivity index (χ4n) is 1.24. The molecule has 2 unspecified atom stereocenters. The van der Waals surface area contributed by atoms with Crippen molar-refractivity contribution in [3.8, 4) is 0 Å². The molecule has 1 heterocycles. The fraction of sp³-hybridized carbons (Fsp3) is 1.00. The van der Waals surface area contributed by atoms with E-state index in [1.165, 1.54) is 25.1 Å². The zero-order chi connectivity index (χ0) is 8.10. The first-order valence-corrected chi connectivity index (χ1v) is 6.54. The van der Waals surface area contributed by atoms with E-state index in [1.807, 2.05) is 11.8 Å². The van der Waals surface area contributed by atoms with Crippen LogP contribution in [-0.2, 0) is 0 Å². The van der Waals surface area contributed by atoms with E-state index in [0.29, 0.717) is 0 Å². The molecule has 1 aliphatic heterocycles. The van der Waals surface area contributed by atoms with Gasteiger partial charge in [-0.15, -0.1) is 11.8 Å². The minimum atomic E-state index is 0.728. The molecule has 0 aliphatic carbocycles. The van der Waals surface area contributed by atoms with Crippen LogP contribution in [0.3, 0.4) is 0 Å². The Morgan fingerprint density at radius 2 is 2.45 bits per heavy atom. The molecule has 0 amide bonds. The zero-order valence-electron chi connectivity index (χ0n) is 7.30. The first kappa shape index (κ1) is 9.75. The van der Waals surface area contributed by atoms with E-state index in [2.05, 4.69) is 30.3 Å². The first-order valence-electron chi connectivity index (χ1n) is 4.20. The van der Waals surface area contributed by atoms with Gasteiger partial charge in [0.25, 0.3) is 0 Å².